The molecule has 2 unspecified atom stereocenters. The average molecular weight is 595 g/mol. The van der Waals surface area contributed by atoms with Gasteiger partial charge < -0.3 is 21.5 Å². The van der Waals surface area contributed by atoms with Crippen LogP contribution in [0.2, 0.25) is 0 Å². The summed E-state index contributed by atoms with van der Waals surface area (Å²) >= 11 is 0. The van der Waals surface area contributed by atoms with Gasteiger partial charge in [-0.3, -0.25) is 9.59 Å². The van der Waals surface area contributed by atoms with Crippen LogP contribution in [0.15, 0.2) is 53.4 Å². The number of carbonyl (C=O) groups excluding carboxylic acids is 2. The second-order valence-electron chi connectivity index (χ2n) is 10.1. The van der Waals surface area contributed by atoms with Crippen molar-refractivity contribution in [2.75, 3.05) is 25.4 Å². The number of benzene rings is 2. The lowest BCUT2D eigenvalue weighted by Crippen LogP contribution is -2.73. The molecular weight excluding hydrogens is 556 g/mol. The minimum atomic E-state index is -4.47. The zero-order valence-electron chi connectivity index (χ0n) is 22.8. The fourth-order valence-corrected chi connectivity index (χ4v) is 8.87. The number of ether oxygens (including phenoxy) is 1. The van der Waals surface area contributed by atoms with E-state index < -0.39 is 47.7 Å². The van der Waals surface area contributed by atoms with Gasteiger partial charge in [0.25, 0.3) is 0 Å². The first-order valence-corrected chi connectivity index (χ1v) is 16.3. The van der Waals surface area contributed by atoms with Gasteiger partial charge in [-0.15, -0.1) is 0 Å². The van der Waals surface area contributed by atoms with Crippen LogP contribution >= 0.6 is 0 Å². The van der Waals surface area contributed by atoms with E-state index in [1.54, 1.807) is 37.3 Å². The Labute approximate surface area is 236 Å². The van der Waals surface area contributed by atoms with Crippen LogP contribution in [0, 0.1) is 0 Å². The molecule has 40 heavy (non-hydrogen) atoms. The van der Waals surface area contributed by atoms with Crippen molar-refractivity contribution in [1.29, 1.82) is 0 Å². The van der Waals surface area contributed by atoms with Gasteiger partial charge in [0.15, 0.2) is 9.84 Å². The normalized spacial score (nSPS) is 16.3. The van der Waals surface area contributed by atoms with Crippen LogP contribution in [0.1, 0.15) is 44.2 Å². The van der Waals surface area contributed by atoms with Crippen molar-refractivity contribution in [2.24, 2.45) is 11.5 Å². The molecule has 0 saturated carbocycles. The van der Waals surface area contributed by atoms with E-state index in [0.29, 0.717) is 29.9 Å². The third-order valence-electron chi connectivity index (χ3n) is 7.39. The van der Waals surface area contributed by atoms with E-state index in [9.17, 15) is 26.4 Å². The summed E-state index contributed by atoms with van der Waals surface area (Å²) in [6.45, 7) is 3.83. The van der Waals surface area contributed by atoms with E-state index >= 15 is 0 Å². The fraction of sp³-hybridized carbons (Fsp3) is 0.481. The Kier molecular flexibility index (Phi) is 9.99. The highest BCUT2D eigenvalue weighted by Gasteiger charge is 2.61. The highest BCUT2D eigenvalue weighted by atomic mass is 32.2. The Balaban J connectivity index is 2.16. The Bertz CT molecular complexity index is 1430. The molecule has 0 aliphatic carbocycles. The molecule has 3 rings (SSSR count). The molecule has 6 N–H and O–H groups in total. The van der Waals surface area contributed by atoms with Gasteiger partial charge in [-0.2, -0.15) is 4.72 Å². The number of rotatable bonds is 15. The van der Waals surface area contributed by atoms with Gasteiger partial charge in [0.1, 0.15) is 11.3 Å². The van der Waals surface area contributed by atoms with Crippen molar-refractivity contribution < 1.29 is 31.2 Å². The summed E-state index contributed by atoms with van der Waals surface area (Å²) in [5.74, 6) is -1.73. The SMILES string of the molecule is CCCC(C)(C(Cc1ccccc1)(NS(=O)(=O)c1ccc2c(c1)CCO2)C(N)=O)S(=O)(=O)CCC(=O)NCCN. The zero-order valence-corrected chi connectivity index (χ0v) is 24.4. The number of amides is 2. The molecule has 0 radical (unpaired) electrons. The van der Waals surface area contributed by atoms with Gasteiger partial charge in [0.2, 0.25) is 21.8 Å². The first-order chi connectivity index (χ1) is 18.8. The van der Waals surface area contributed by atoms with E-state index in [1.165, 1.54) is 25.1 Å². The van der Waals surface area contributed by atoms with E-state index in [0.717, 1.165) is 0 Å². The van der Waals surface area contributed by atoms with Crippen molar-refractivity contribution in [3.63, 3.8) is 0 Å². The summed E-state index contributed by atoms with van der Waals surface area (Å²) in [4.78, 5) is 25.6. The Morgan fingerprint density at radius 3 is 2.40 bits per heavy atom. The van der Waals surface area contributed by atoms with Crippen LogP contribution in [0.5, 0.6) is 5.75 Å². The molecule has 0 bridgehead atoms. The number of hydrogen-bond donors (Lipinski definition) is 4. The predicted octanol–water partition coefficient (Wildman–Crippen LogP) is 0.805. The van der Waals surface area contributed by atoms with Crippen molar-refractivity contribution in [3.05, 3.63) is 59.7 Å². The molecule has 2 aromatic rings. The van der Waals surface area contributed by atoms with Crippen LogP contribution in [-0.4, -0.2) is 64.4 Å². The molecule has 1 aliphatic rings. The number of primary amides is 1. The molecule has 0 saturated heterocycles. The van der Waals surface area contributed by atoms with Crippen molar-refractivity contribution >= 4 is 31.7 Å². The molecule has 1 heterocycles. The van der Waals surface area contributed by atoms with E-state index in [1.807, 2.05) is 0 Å². The van der Waals surface area contributed by atoms with Crippen LogP contribution in [0.4, 0.5) is 0 Å². The zero-order chi connectivity index (χ0) is 29.6. The maximum absolute atomic E-state index is 14.1. The Morgan fingerprint density at radius 1 is 1.07 bits per heavy atom. The highest BCUT2D eigenvalue weighted by Crippen LogP contribution is 2.40. The van der Waals surface area contributed by atoms with Crippen LogP contribution < -0.4 is 26.2 Å². The van der Waals surface area contributed by atoms with Gasteiger partial charge in [-0.25, -0.2) is 16.8 Å². The van der Waals surface area contributed by atoms with E-state index in [-0.39, 0.29) is 43.7 Å². The summed E-state index contributed by atoms with van der Waals surface area (Å²) in [7, 11) is -8.80. The summed E-state index contributed by atoms with van der Waals surface area (Å²) in [6, 6.07) is 12.8. The van der Waals surface area contributed by atoms with Crippen LogP contribution in [-0.2, 0) is 42.3 Å². The lowest BCUT2D eigenvalue weighted by molar-refractivity contribution is -0.125. The van der Waals surface area contributed by atoms with Gasteiger partial charge in [0.05, 0.1) is 22.0 Å². The molecular formula is C27H38N4O7S2. The summed E-state index contributed by atoms with van der Waals surface area (Å²) < 4.78 is 61.8. The lowest BCUT2D eigenvalue weighted by Gasteiger charge is -2.46. The van der Waals surface area contributed by atoms with Gasteiger partial charge >= 0.3 is 0 Å². The Morgan fingerprint density at radius 2 is 1.77 bits per heavy atom. The second-order valence-corrected chi connectivity index (χ2v) is 14.3. The van der Waals surface area contributed by atoms with E-state index in [2.05, 4.69) is 10.0 Å². The molecule has 0 aromatic heterocycles. The first kappa shape index (κ1) is 31.5. The number of nitrogens with two attached hydrogens (primary N) is 2. The average Bonchev–Trinajstić information content (AvgIpc) is 3.39. The maximum atomic E-state index is 14.1. The van der Waals surface area contributed by atoms with Crippen LogP contribution in [0.3, 0.4) is 0 Å². The maximum Gasteiger partial charge on any atom is 0.241 e. The molecule has 1 aliphatic heterocycles. The van der Waals surface area contributed by atoms with E-state index in [4.69, 9.17) is 16.2 Å². The third kappa shape index (κ3) is 6.48. The smallest absolute Gasteiger partial charge is 0.241 e. The summed E-state index contributed by atoms with van der Waals surface area (Å²) in [6.07, 6.45) is -0.0182. The summed E-state index contributed by atoms with van der Waals surface area (Å²) in [5, 5.41) is 2.53. The minimum Gasteiger partial charge on any atom is -0.493 e. The van der Waals surface area contributed by atoms with Gasteiger partial charge in [0, 0.05) is 32.4 Å². The quantitative estimate of drug-likeness (QED) is 0.233. The molecule has 2 atom stereocenters. The fourth-order valence-electron chi connectivity index (χ4n) is 5.11. The highest BCUT2D eigenvalue weighted by molar-refractivity contribution is 7.93. The topological polar surface area (TPSA) is 188 Å². The van der Waals surface area contributed by atoms with Gasteiger partial charge in [-0.1, -0.05) is 43.7 Å². The minimum absolute atomic E-state index is 0.101. The monoisotopic (exact) mass is 594 g/mol. The van der Waals surface area contributed by atoms with Crippen molar-refractivity contribution in [3.8, 4) is 5.75 Å². The number of sulfone groups is 1. The van der Waals surface area contributed by atoms with Gasteiger partial charge in [-0.05, 0) is 42.7 Å². The number of carbonyl (C=O) groups is 2. The largest absolute Gasteiger partial charge is 0.493 e. The molecule has 13 heteroatoms. The summed E-state index contributed by atoms with van der Waals surface area (Å²) in [5.41, 5.74) is 10.3. The number of hydrogen-bond acceptors (Lipinski definition) is 8. The first-order valence-electron chi connectivity index (χ1n) is 13.1. The predicted molar refractivity (Wildman–Crippen MR) is 152 cm³/mol. The molecule has 11 nitrogen and oxygen atoms in total. The molecule has 0 spiro atoms. The standard InChI is InChI=1S/C27H38N4O7S2/c1-3-13-26(2,39(34,35)17-12-24(32)30-15-14-28)27(25(29)33,19-20-7-5-4-6-8-20)31-40(36,37)22-9-10-23-21(18-22)11-16-38-23/h4-10,18,31H,3,11-17,19,28H2,1-2H3,(H2,29,33)(H,30,32). The lowest BCUT2D eigenvalue weighted by atomic mass is 9.77. The van der Waals surface area contributed by atoms with Crippen molar-refractivity contribution in [2.45, 2.75) is 61.1 Å². The number of nitrogens with one attached hydrogen (secondary N) is 2. The molecule has 2 amide bonds. The van der Waals surface area contributed by atoms with Crippen molar-refractivity contribution in [1.82, 2.24) is 10.0 Å². The molecule has 0 fully saturated rings. The molecule has 220 valence electrons. The number of sulfonamides is 1. The number of fused-ring (bicyclic) bond motifs is 1. The molecule has 2 aromatic carbocycles. The third-order valence-corrected chi connectivity index (χ3v) is 11.6. The Hall–Kier alpha value is -3.00. The second kappa shape index (κ2) is 12.7. The van der Waals surface area contributed by atoms with Crippen LogP contribution in [0.25, 0.3) is 0 Å².